The van der Waals surface area contributed by atoms with Crippen molar-refractivity contribution in [2.24, 2.45) is 0 Å². The summed E-state index contributed by atoms with van der Waals surface area (Å²) < 4.78 is 0. The first-order valence-electron chi connectivity index (χ1n) is 6.47. The Morgan fingerprint density at radius 1 is 1.39 bits per heavy atom. The zero-order valence-electron chi connectivity index (χ0n) is 10.9. The summed E-state index contributed by atoms with van der Waals surface area (Å²) in [5.41, 5.74) is 1.22. The van der Waals surface area contributed by atoms with Gasteiger partial charge in [-0.05, 0) is 32.1 Å². The Labute approximate surface area is 107 Å². The van der Waals surface area contributed by atoms with E-state index in [9.17, 15) is 9.90 Å². The largest absolute Gasteiger partial charge is 0.480 e. The van der Waals surface area contributed by atoms with E-state index in [1.165, 1.54) is 6.33 Å². The number of aryl methyl sites for hydroxylation is 1. The van der Waals surface area contributed by atoms with Gasteiger partial charge in [-0.2, -0.15) is 0 Å². The monoisotopic (exact) mass is 249 g/mol. The van der Waals surface area contributed by atoms with Gasteiger partial charge in [0.2, 0.25) is 0 Å². The average molecular weight is 249 g/mol. The van der Waals surface area contributed by atoms with Gasteiger partial charge in [0, 0.05) is 11.3 Å². The summed E-state index contributed by atoms with van der Waals surface area (Å²) in [5.74, 6) is -0.124. The molecule has 0 bridgehead atoms. The number of anilines is 1. The van der Waals surface area contributed by atoms with Gasteiger partial charge in [-0.1, -0.05) is 13.8 Å². The van der Waals surface area contributed by atoms with Crippen LogP contribution < -0.4 is 5.32 Å². The minimum Gasteiger partial charge on any atom is -0.480 e. The molecule has 1 aromatic rings. The molecule has 0 amide bonds. The number of fused-ring (bicyclic) bond motifs is 1. The molecule has 0 aliphatic heterocycles. The highest BCUT2D eigenvalue weighted by molar-refractivity contribution is 5.82. The molecular weight excluding hydrogens is 230 g/mol. The van der Waals surface area contributed by atoms with Gasteiger partial charge in [0.05, 0.1) is 0 Å². The number of aliphatic carboxylic acids is 1. The third-order valence-corrected chi connectivity index (χ3v) is 3.85. The van der Waals surface area contributed by atoms with Crippen LogP contribution in [-0.2, 0) is 17.6 Å². The first kappa shape index (κ1) is 12.8. The quantitative estimate of drug-likeness (QED) is 0.835. The maximum Gasteiger partial charge on any atom is 0.329 e. The van der Waals surface area contributed by atoms with Crippen molar-refractivity contribution in [2.75, 3.05) is 5.32 Å². The second-order valence-corrected chi connectivity index (χ2v) is 4.72. The molecule has 0 saturated carbocycles. The lowest BCUT2D eigenvalue weighted by Gasteiger charge is -2.29. The van der Waals surface area contributed by atoms with Gasteiger partial charge in [-0.15, -0.1) is 0 Å². The molecule has 0 fully saturated rings. The molecule has 5 nitrogen and oxygen atoms in total. The Morgan fingerprint density at radius 3 is 2.72 bits per heavy atom. The van der Waals surface area contributed by atoms with Crippen molar-refractivity contribution in [3.05, 3.63) is 17.6 Å². The SMILES string of the molecule is CCC(CC)(Nc1ncnc2c1CCC2)C(=O)O. The van der Waals surface area contributed by atoms with E-state index in [-0.39, 0.29) is 0 Å². The van der Waals surface area contributed by atoms with Gasteiger partial charge in [-0.25, -0.2) is 14.8 Å². The molecule has 1 aromatic heterocycles. The molecule has 1 heterocycles. The number of carboxylic acid groups (broad SMARTS) is 1. The average Bonchev–Trinajstić information content (AvgIpc) is 2.84. The Hall–Kier alpha value is -1.65. The van der Waals surface area contributed by atoms with Crippen molar-refractivity contribution >= 4 is 11.8 Å². The van der Waals surface area contributed by atoms with E-state index >= 15 is 0 Å². The van der Waals surface area contributed by atoms with Gasteiger partial charge in [0.15, 0.2) is 0 Å². The van der Waals surface area contributed by atoms with Gasteiger partial charge in [0.25, 0.3) is 0 Å². The highest BCUT2D eigenvalue weighted by Gasteiger charge is 2.36. The summed E-state index contributed by atoms with van der Waals surface area (Å²) in [6, 6.07) is 0. The van der Waals surface area contributed by atoms with Gasteiger partial charge in [0.1, 0.15) is 17.7 Å². The molecule has 2 rings (SSSR count). The predicted octanol–water partition coefficient (Wildman–Crippen LogP) is 2.02. The molecular formula is C13H19N3O2. The standard InChI is InChI=1S/C13H19N3O2/c1-3-13(4-2,12(17)18)16-11-9-6-5-7-10(9)14-8-15-11/h8H,3-7H2,1-2H3,(H,17,18)(H,14,15,16). The number of aromatic nitrogens is 2. The highest BCUT2D eigenvalue weighted by atomic mass is 16.4. The molecule has 0 radical (unpaired) electrons. The Bertz CT molecular complexity index is 456. The molecule has 1 aliphatic carbocycles. The van der Waals surface area contributed by atoms with Crippen LogP contribution in [0.25, 0.3) is 0 Å². The van der Waals surface area contributed by atoms with Crippen molar-refractivity contribution < 1.29 is 9.90 Å². The van der Waals surface area contributed by atoms with E-state index in [1.807, 2.05) is 13.8 Å². The van der Waals surface area contributed by atoms with Gasteiger partial charge < -0.3 is 10.4 Å². The lowest BCUT2D eigenvalue weighted by molar-refractivity contribution is -0.142. The zero-order valence-corrected chi connectivity index (χ0v) is 10.9. The predicted molar refractivity (Wildman–Crippen MR) is 68.6 cm³/mol. The zero-order chi connectivity index (χ0) is 13.2. The number of carbonyl (C=O) groups is 1. The molecule has 0 atom stereocenters. The summed E-state index contributed by atoms with van der Waals surface area (Å²) in [6.45, 7) is 3.76. The first-order valence-corrected chi connectivity index (χ1v) is 6.47. The van der Waals surface area contributed by atoms with Crippen LogP contribution in [0.1, 0.15) is 44.4 Å². The normalized spacial score (nSPS) is 14.3. The van der Waals surface area contributed by atoms with Crippen molar-refractivity contribution in [3.63, 3.8) is 0 Å². The fourth-order valence-corrected chi connectivity index (χ4v) is 2.48. The van der Waals surface area contributed by atoms with Gasteiger partial charge in [-0.3, -0.25) is 0 Å². The van der Waals surface area contributed by atoms with Crippen molar-refractivity contribution in [1.29, 1.82) is 0 Å². The van der Waals surface area contributed by atoms with E-state index < -0.39 is 11.5 Å². The molecule has 0 spiro atoms. The lowest BCUT2D eigenvalue weighted by atomic mass is 9.92. The summed E-state index contributed by atoms with van der Waals surface area (Å²) in [4.78, 5) is 20.0. The smallest absolute Gasteiger partial charge is 0.329 e. The number of carboxylic acids is 1. The summed E-state index contributed by atoms with van der Waals surface area (Å²) >= 11 is 0. The minimum atomic E-state index is -0.926. The molecule has 2 N–H and O–H groups in total. The molecule has 98 valence electrons. The number of hydrogen-bond acceptors (Lipinski definition) is 4. The van der Waals surface area contributed by atoms with Crippen LogP contribution in [0.4, 0.5) is 5.82 Å². The highest BCUT2D eigenvalue weighted by Crippen LogP contribution is 2.29. The Balaban J connectivity index is 2.33. The van der Waals surface area contributed by atoms with E-state index in [2.05, 4.69) is 15.3 Å². The van der Waals surface area contributed by atoms with Crippen LogP contribution in [0, 0.1) is 0 Å². The maximum absolute atomic E-state index is 11.5. The molecule has 0 aromatic carbocycles. The van der Waals surface area contributed by atoms with Crippen molar-refractivity contribution in [3.8, 4) is 0 Å². The molecule has 0 unspecified atom stereocenters. The van der Waals surface area contributed by atoms with E-state index in [0.29, 0.717) is 18.7 Å². The van der Waals surface area contributed by atoms with Gasteiger partial charge >= 0.3 is 5.97 Å². The number of nitrogens with one attached hydrogen (secondary N) is 1. The van der Waals surface area contributed by atoms with Crippen molar-refractivity contribution in [2.45, 2.75) is 51.5 Å². The van der Waals surface area contributed by atoms with Crippen LogP contribution in [0.3, 0.4) is 0 Å². The molecule has 18 heavy (non-hydrogen) atoms. The summed E-state index contributed by atoms with van der Waals surface area (Å²) in [7, 11) is 0. The third-order valence-electron chi connectivity index (χ3n) is 3.85. The Morgan fingerprint density at radius 2 is 2.11 bits per heavy atom. The Kier molecular flexibility index (Phi) is 3.50. The molecule has 5 heteroatoms. The van der Waals surface area contributed by atoms with E-state index in [0.717, 1.165) is 30.5 Å². The minimum absolute atomic E-state index is 0.525. The van der Waals surface area contributed by atoms with Crippen LogP contribution in [-0.4, -0.2) is 26.6 Å². The fraction of sp³-hybridized carbons (Fsp3) is 0.615. The maximum atomic E-state index is 11.5. The van der Waals surface area contributed by atoms with Crippen LogP contribution in [0.15, 0.2) is 6.33 Å². The molecule has 1 aliphatic rings. The van der Waals surface area contributed by atoms with E-state index in [1.54, 1.807) is 0 Å². The van der Waals surface area contributed by atoms with Crippen LogP contribution in [0.5, 0.6) is 0 Å². The topological polar surface area (TPSA) is 75.1 Å². The fourth-order valence-electron chi connectivity index (χ4n) is 2.48. The molecule has 0 saturated heterocycles. The summed E-state index contributed by atoms with van der Waals surface area (Å²) in [6.07, 6.45) is 5.53. The van der Waals surface area contributed by atoms with Crippen LogP contribution >= 0.6 is 0 Å². The summed E-state index contributed by atoms with van der Waals surface area (Å²) in [5, 5.41) is 12.6. The van der Waals surface area contributed by atoms with E-state index in [4.69, 9.17) is 0 Å². The third kappa shape index (κ3) is 2.05. The lowest BCUT2D eigenvalue weighted by Crippen LogP contribution is -2.45. The number of nitrogens with zero attached hydrogens (tertiary/aromatic N) is 2. The second kappa shape index (κ2) is 4.92. The van der Waals surface area contributed by atoms with Crippen LogP contribution in [0.2, 0.25) is 0 Å². The second-order valence-electron chi connectivity index (χ2n) is 4.72. The first-order chi connectivity index (χ1) is 8.63. The number of hydrogen-bond donors (Lipinski definition) is 2. The van der Waals surface area contributed by atoms with Crippen molar-refractivity contribution in [1.82, 2.24) is 9.97 Å². The number of rotatable bonds is 5.